The van der Waals surface area contributed by atoms with Crippen molar-refractivity contribution in [2.24, 2.45) is 0 Å². The molecule has 0 N–H and O–H groups in total. The Morgan fingerprint density at radius 3 is 2.36 bits per heavy atom. The van der Waals surface area contributed by atoms with E-state index >= 15 is 4.39 Å². The predicted molar refractivity (Wildman–Crippen MR) is 163 cm³/mol. The van der Waals surface area contributed by atoms with E-state index < -0.39 is 35.6 Å². The van der Waals surface area contributed by atoms with Crippen LogP contribution in [-0.2, 0) is 33.3 Å². The maximum atomic E-state index is 15.4. The molecular weight excluding hydrogens is 624 g/mol. The quantitative estimate of drug-likeness (QED) is 0.0942. The van der Waals surface area contributed by atoms with Gasteiger partial charge >= 0.3 is 5.97 Å². The van der Waals surface area contributed by atoms with E-state index in [0.29, 0.717) is 43.2 Å². The molecule has 0 amide bonds. The Balaban J connectivity index is 1.65. The van der Waals surface area contributed by atoms with Gasteiger partial charge in [-0.1, -0.05) is 6.07 Å². The summed E-state index contributed by atoms with van der Waals surface area (Å²) in [7, 11) is 0. The van der Waals surface area contributed by atoms with Crippen LogP contribution < -0.4 is 19.8 Å². The number of nitrogens with zero attached hydrogens (tertiary/aromatic N) is 1. The molecule has 14 heteroatoms. The zero-order valence-corrected chi connectivity index (χ0v) is 25.4. The van der Waals surface area contributed by atoms with Gasteiger partial charge in [-0.3, -0.25) is 19.2 Å². The molecule has 0 spiro atoms. The van der Waals surface area contributed by atoms with Crippen LogP contribution in [-0.4, -0.2) is 84.2 Å². The standard InChI is InChI=1S/C33H31F2NO11/c1-20(38)45-19-46-31-16-30-24(14-26(31)35)33(23-13-25(34)28(40)15-29(23)47-30)21-2-3-27-32(12-21)44-11-10-43-9-8-42-7-6-41-5-4-36(27)17-22(39)18-37/h2-3,12-16,18H,4-11,17,19H2,1H3. The van der Waals surface area contributed by atoms with Crippen molar-refractivity contribution in [2.75, 3.05) is 71.0 Å². The van der Waals surface area contributed by atoms with Gasteiger partial charge in [-0.05, 0) is 29.8 Å². The van der Waals surface area contributed by atoms with Crippen molar-refractivity contribution in [1.82, 2.24) is 0 Å². The topological polar surface area (TPSA) is 140 Å². The molecule has 0 saturated heterocycles. The van der Waals surface area contributed by atoms with Gasteiger partial charge in [0.2, 0.25) is 18.0 Å². The number of hydrogen-bond donors (Lipinski definition) is 0. The Morgan fingerprint density at radius 2 is 1.64 bits per heavy atom. The smallest absolute Gasteiger partial charge is 0.305 e. The van der Waals surface area contributed by atoms with E-state index in [-0.39, 0.29) is 73.0 Å². The van der Waals surface area contributed by atoms with Crippen LogP contribution in [0.15, 0.2) is 51.7 Å². The van der Waals surface area contributed by atoms with Crippen molar-refractivity contribution in [2.45, 2.75) is 6.92 Å². The first-order valence-corrected chi connectivity index (χ1v) is 14.6. The van der Waals surface area contributed by atoms with Crippen molar-refractivity contribution in [1.29, 1.82) is 0 Å². The second-order valence-electron chi connectivity index (χ2n) is 10.3. The van der Waals surface area contributed by atoms with Crippen LogP contribution in [0.25, 0.3) is 33.4 Å². The summed E-state index contributed by atoms with van der Waals surface area (Å²) in [5.41, 5.74) is 0.524. The van der Waals surface area contributed by atoms with Gasteiger partial charge in [-0.2, -0.15) is 0 Å². The van der Waals surface area contributed by atoms with Crippen LogP contribution >= 0.6 is 0 Å². The van der Waals surface area contributed by atoms with E-state index in [9.17, 15) is 23.6 Å². The van der Waals surface area contributed by atoms with Crippen molar-refractivity contribution in [3.63, 3.8) is 0 Å². The summed E-state index contributed by atoms with van der Waals surface area (Å²) in [6, 6.07) is 9.28. The fourth-order valence-corrected chi connectivity index (χ4v) is 4.97. The number of ketones is 1. The first-order valence-electron chi connectivity index (χ1n) is 14.6. The number of Topliss-reactive ketones (excluding diaryl/α,β-unsaturated/α-hetero) is 1. The minimum absolute atomic E-state index is 0.0134. The number of esters is 1. The molecule has 0 atom stereocenters. The second kappa shape index (κ2) is 15.6. The maximum Gasteiger partial charge on any atom is 0.305 e. The molecule has 1 aliphatic carbocycles. The largest absolute Gasteiger partial charge is 0.489 e. The molecule has 5 rings (SSSR count). The molecule has 3 aliphatic rings. The van der Waals surface area contributed by atoms with Crippen LogP contribution in [0.1, 0.15) is 6.92 Å². The number of benzene rings is 3. The number of ether oxygens (including phenoxy) is 6. The number of aldehydes is 1. The Kier molecular flexibility index (Phi) is 11.1. The van der Waals surface area contributed by atoms with Gasteiger partial charge in [0.25, 0.3) is 0 Å². The van der Waals surface area contributed by atoms with Gasteiger partial charge in [-0.15, -0.1) is 0 Å². The summed E-state index contributed by atoms with van der Waals surface area (Å²) in [4.78, 5) is 48.5. The number of fused-ring (bicyclic) bond motifs is 3. The van der Waals surface area contributed by atoms with Gasteiger partial charge in [0.1, 0.15) is 23.7 Å². The zero-order chi connectivity index (χ0) is 33.3. The Labute approximate surface area is 267 Å². The number of carbonyl (C=O) groups excluding carboxylic acids is 3. The average molecular weight is 656 g/mol. The third-order valence-corrected chi connectivity index (χ3v) is 7.11. The second-order valence-corrected chi connectivity index (χ2v) is 10.3. The molecule has 12 nitrogen and oxygen atoms in total. The number of halogens is 2. The van der Waals surface area contributed by atoms with E-state index in [2.05, 4.69) is 0 Å². The van der Waals surface area contributed by atoms with Gasteiger partial charge in [0.05, 0.1) is 51.9 Å². The van der Waals surface area contributed by atoms with Crippen LogP contribution in [0.4, 0.5) is 14.5 Å². The first kappa shape index (κ1) is 33.4. The highest BCUT2D eigenvalue weighted by Crippen LogP contribution is 2.44. The van der Waals surface area contributed by atoms with Gasteiger partial charge in [0.15, 0.2) is 23.7 Å². The highest BCUT2D eigenvalue weighted by molar-refractivity contribution is 6.26. The Hall–Kier alpha value is -4.92. The summed E-state index contributed by atoms with van der Waals surface area (Å²) < 4.78 is 68.8. The molecule has 2 aromatic carbocycles. The van der Waals surface area contributed by atoms with Crippen LogP contribution in [0, 0.1) is 11.6 Å². The summed E-state index contributed by atoms with van der Waals surface area (Å²) in [5, 5.41) is 0.203. The Bertz CT molecular complexity index is 1790. The minimum Gasteiger partial charge on any atom is -0.489 e. The summed E-state index contributed by atoms with van der Waals surface area (Å²) >= 11 is 0. The van der Waals surface area contributed by atoms with Crippen molar-refractivity contribution < 1.29 is 56.0 Å². The fourth-order valence-electron chi connectivity index (χ4n) is 4.97. The first-order chi connectivity index (χ1) is 22.7. The SMILES string of the molecule is CC(=O)OCOc1cc2oc3cc(=O)c(F)cc-3c(-c3ccc4c(c3)OCCOCCOCCOCCN4CC(=O)C=O)c2cc1F. The van der Waals surface area contributed by atoms with Gasteiger partial charge in [-0.25, -0.2) is 8.78 Å². The number of anilines is 1. The molecule has 0 aromatic heterocycles. The molecule has 0 unspecified atom stereocenters. The van der Waals surface area contributed by atoms with Crippen molar-refractivity contribution in [3.05, 3.63) is 64.3 Å². The predicted octanol–water partition coefficient (Wildman–Crippen LogP) is 3.76. The lowest BCUT2D eigenvalue weighted by Gasteiger charge is -2.26. The molecule has 2 heterocycles. The third-order valence-electron chi connectivity index (χ3n) is 7.11. The summed E-state index contributed by atoms with van der Waals surface area (Å²) in [5.74, 6) is -3.16. The highest BCUT2D eigenvalue weighted by Gasteiger charge is 2.24. The average Bonchev–Trinajstić information content (AvgIpc) is 3.05. The lowest BCUT2D eigenvalue weighted by atomic mass is 9.93. The van der Waals surface area contributed by atoms with E-state index in [4.69, 9.17) is 32.8 Å². The monoisotopic (exact) mass is 655 g/mol. The minimum atomic E-state index is -1.04. The van der Waals surface area contributed by atoms with Crippen molar-refractivity contribution in [3.8, 4) is 33.9 Å². The molecule has 47 heavy (non-hydrogen) atoms. The van der Waals surface area contributed by atoms with Gasteiger partial charge < -0.3 is 37.7 Å². The van der Waals surface area contributed by atoms with E-state index in [1.54, 1.807) is 23.1 Å². The molecule has 0 bridgehead atoms. The molecule has 2 aromatic rings. The molecule has 0 saturated carbocycles. The fraction of sp³-hybridized carbons (Fsp3) is 0.333. The van der Waals surface area contributed by atoms with E-state index in [1.165, 1.54) is 13.0 Å². The molecule has 0 fully saturated rings. The maximum absolute atomic E-state index is 15.4. The lowest BCUT2D eigenvalue weighted by Crippen LogP contribution is -2.34. The van der Waals surface area contributed by atoms with E-state index in [1.807, 2.05) is 0 Å². The summed E-state index contributed by atoms with van der Waals surface area (Å²) in [6.07, 6.45) is 0.232. The normalized spacial score (nSPS) is 14.8. The molecule has 248 valence electrons. The zero-order valence-electron chi connectivity index (χ0n) is 25.4. The van der Waals surface area contributed by atoms with Crippen LogP contribution in [0.3, 0.4) is 0 Å². The van der Waals surface area contributed by atoms with E-state index in [0.717, 1.165) is 18.2 Å². The third kappa shape index (κ3) is 8.27. The number of hydrogen-bond acceptors (Lipinski definition) is 12. The van der Waals surface area contributed by atoms with Crippen LogP contribution in [0.2, 0.25) is 0 Å². The molecular formula is C33H31F2NO11. The van der Waals surface area contributed by atoms with Crippen LogP contribution in [0.5, 0.6) is 11.5 Å². The molecule has 2 aliphatic heterocycles. The summed E-state index contributed by atoms with van der Waals surface area (Å²) in [6.45, 7) is 2.44. The Morgan fingerprint density at radius 1 is 0.915 bits per heavy atom. The number of rotatable bonds is 7. The van der Waals surface area contributed by atoms with Crippen molar-refractivity contribution >= 4 is 34.7 Å². The molecule has 0 radical (unpaired) electrons. The van der Waals surface area contributed by atoms with Gasteiger partial charge in [0, 0.05) is 42.1 Å². The highest BCUT2D eigenvalue weighted by atomic mass is 19.1. The number of carbonyl (C=O) groups is 3. The lowest BCUT2D eigenvalue weighted by molar-refractivity contribution is -0.147.